The van der Waals surface area contributed by atoms with Gasteiger partial charge in [0, 0.05) is 6.42 Å². The molecule has 1 atom stereocenters. The molecule has 1 aliphatic rings. The molecule has 1 aliphatic carbocycles. The number of benzene rings is 1. The first-order chi connectivity index (χ1) is 7.25. The molecule has 0 fully saturated rings. The fraction of sp³-hybridized carbons (Fsp3) is 0.385. The molecule has 0 amide bonds. The van der Waals surface area contributed by atoms with Gasteiger partial charge in [-0.15, -0.1) is 0 Å². The summed E-state index contributed by atoms with van der Waals surface area (Å²) >= 11 is 0. The number of hydrogen-bond donors (Lipinski definition) is 1. The van der Waals surface area contributed by atoms with Gasteiger partial charge in [0.25, 0.3) is 0 Å². The Bertz CT molecular complexity index is 353. The van der Waals surface area contributed by atoms with Crippen LogP contribution in [0, 0.1) is 5.82 Å². The predicted octanol–water partition coefficient (Wildman–Crippen LogP) is 2.84. The number of aliphatic hydroxyl groups is 1. The second kappa shape index (κ2) is 4.58. The van der Waals surface area contributed by atoms with Crippen molar-refractivity contribution in [3.63, 3.8) is 0 Å². The predicted molar refractivity (Wildman–Crippen MR) is 58.0 cm³/mol. The zero-order valence-corrected chi connectivity index (χ0v) is 8.62. The summed E-state index contributed by atoms with van der Waals surface area (Å²) < 4.78 is 12.7. The average molecular weight is 206 g/mol. The Balaban J connectivity index is 1.99. The van der Waals surface area contributed by atoms with Crippen molar-refractivity contribution in [2.45, 2.75) is 31.8 Å². The maximum absolute atomic E-state index is 12.7. The van der Waals surface area contributed by atoms with Crippen LogP contribution in [-0.2, 0) is 6.42 Å². The van der Waals surface area contributed by atoms with Crippen molar-refractivity contribution >= 4 is 0 Å². The molecule has 1 aromatic rings. The summed E-state index contributed by atoms with van der Waals surface area (Å²) in [7, 11) is 0. The molecule has 0 saturated heterocycles. The standard InChI is InChI=1S/C13H15FO/c14-12-7-5-10(6-8-12)9-13(15)11-3-1-2-4-11/h3,5-8,13,15H,1-2,4,9H2. The molecule has 0 heterocycles. The van der Waals surface area contributed by atoms with Crippen LogP contribution in [-0.4, -0.2) is 11.2 Å². The lowest BCUT2D eigenvalue weighted by Crippen LogP contribution is -2.12. The maximum atomic E-state index is 12.7. The molecule has 2 rings (SSSR count). The van der Waals surface area contributed by atoms with Crippen molar-refractivity contribution in [1.82, 2.24) is 0 Å². The van der Waals surface area contributed by atoms with Gasteiger partial charge in [-0.05, 0) is 42.5 Å². The van der Waals surface area contributed by atoms with Gasteiger partial charge in [-0.25, -0.2) is 4.39 Å². The average Bonchev–Trinajstić information content (AvgIpc) is 2.74. The largest absolute Gasteiger partial charge is 0.388 e. The molecule has 1 N–H and O–H groups in total. The van der Waals surface area contributed by atoms with E-state index in [1.807, 2.05) is 0 Å². The van der Waals surface area contributed by atoms with E-state index < -0.39 is 6.10 Å². The van der Waals surface area contributed by atoms with Crippen LogP contribution in [0.4, 0.5) is 4.39 Å². The monoisotopic (exact) mass is 206 g/mol. The number of rotatable bonds is 3. The minimum atomic E-state index is -0.391. The molecule has 1 aromatic carbocycles. The van der Waals surface area contributed by atoms with Crippen LogP contribution >= 0.6 is 0 Å². The van der Waals surface area contributed by atoms with Gasteiger partial charge in [-0.1, -0.05) is 18.2 Å². The Morgan fingerprint density at radius 3 is 2.60 bits per heavy atom. The molecule has 0 spiro atoms. The molecule has 0 aromatic heterocycles. The van der Waals surface area contributed by atoms with Gasteiger partial charge >= 0.3 is 0 Å². The highest BCUT2D eigenvalue weighted by molar-refractivity contribution is 5.21. The Morgan fingerprint density at radius 1 is 1.27 bits per heavy atom. The topological polar surface area (TPSA) is 20.2 Å². The fourth-order valence-electron chi connectivity index (χ4n) is 1.97. The van der Waals surface area contributed by atoms with E-state index >= 15 is 0 Å². The quantitative estimate of drug-likeness (QED) is 0.754. The van der Waals surface area contributed by atoms with Gasteiger partial charge in [-0.2, -0.15) is 0 Å². The third-order valence-corrected chi connectivity index (χ3v) is 2.85. The van der Waals surface area contributed by atoms with Crippen molar-refractivity contribution in [2.24, 2.45) is 0 Å². The van der Waals surface area contributed by atoms with Crippen LogP contribution in [0.3, 0.4) is 0 Å². The van der Waals surface area contributed by atoms with Crippen LogP contribution < -0.4 is 0 Å². The first kappa shape index (κ1) is 10.4. The Kier molecular flexibility index (Phi) is 3.17. The maximum Gasteiger partial charge on any atom is 0.123 e. The van der Waals surface area contributed by atoms with E-state index in [0.717, 1.165) is 30.4 Å². The molecule has 0 bridgehead atoms. The molecule has 0 radical (unpaired) electrons. The van der Waals surface area contributed by atoms with Gasteiger partial charge in [0.1, 0.15) is 5.82 Å². The van der Waals surface area contributed by atoms with Gasteiger partial charge in [0.05, 0.1) is 6.10 Å². The second-order valence-corrected chi connectivity index (χ2v) is 4.02. The summed E-state index contributed by atoms with van der Waals surface area (Å²) in [6.07, 6.45) is 5.55. The number of hydrogen-bond acceptors (Lipinski definition) is 1. The van der Waals surface area contributed by atoms with Gasteiger partial charge in [0.2, 0.25) is 0 Å². The van der Waals surface area contributed by atoms with Crippen LogP contribution in [0.5, 0.6) is 0 Å². The summed E-state index contributed by atoms with van der Waals surface area (Å²) in [5, 5.41) is 9.91. The van der Waals surface area contributed by atoms with Crippen LogP contribution in [0.15, 0.2) is 35.9 Å². The highest BCUT2D eigenvalue weighted by atomic mass is 19.1. The van der Waals surface area contributed by atoms with E-state index in [9.17, 15) is 9.50 Å². The van der Waals surface area contributed by atoms with Crippen LogP contribution in [0.25, 0.3) is 0 Å². The number of halogens is 1. The first-order valence-corrected chi connectivity index (χ1v) is 5.37. The molecule has 80 valence electrons. The highest BCUT2D eigenvalue weighted by Gasteiger charge is 2.14. The molecule has 1 unspecified atom stereocenters. The van der Waals surface area contributed by atoms with E-state index in [4.69, 9.17) is 0 Å². The minimum Gasteiger partial charge on any atom is -0.388 e. The van der Waals surface area contributed by atoms with Crippen molar-refractivity contribution < 1.29 is 9.50 Å². The SMILES string of the molecule is OC(Cc1ccc(F)cc1)C1=CCCC1. The third kappa shape index (κ3) is 2.66. The fourth-order valence-corrected chi connectivity index (χ4v) is 1.97. The third-order valence-electron chi connectivity index (χ3n) is 2.85. The smallest absolute Gasteiger partial charge is 0.123 e. The van der Waals surface area contributed by atoms with E-state index in [1.54, 1.807) is 12.1 Å². The number of allylic oxidation sites excluding steroid dienone is 1. The lowest BCUT2D eigenvalue weighted by molar-refractivity contribution is 0.208. The molecular weight excluding hydrogens is 191 g/mol. The zero-order chi connectivity index (χ0) is 10.7. The van der Waals surface area contributed by atoms with Gasteiger partial charge in [-0.3, -0.25) is 0 Å². The zero-order valence-electron chi connectivity index (χ0n) is 8.62. The lowest BCUT2D eigenvalue weighted by atomic mass is 10.0. The first-order valence-electron chi connectivity index (χ1n) is 5.37. The minimum absolute atomic E-state index is 0.228. The second-order valence-electron chi connectivity index (χ2n) is 4.02. The summed E-state index contributed by atoms with van der Waals surface area (Å²) in [5.41, 5.74) is 2.12. The Labute approximate surface area is 89.3 Å². The van der Waals surface area contributed by atoms with Crippen molar-refractivity contribution in [2.75, 3.05) is 0 Å². The van der Waals surface area contributed by atoms with Crippen molar-refractivity contribution in [3.8, 4) is 0 Å². The normalized spacial score (nSPS) is 17.6. The van der Waals surface area contributed by atoms with E-state index in [-0.39, 0.29) is 5.82 Å². The summed E-state index contributed by atoms with van der Waals surface area (Å²) in [4.78, 5) is 0. The lowest BCUT2D eigenvalue weighted by Gasteiger charge is -2.11. The molecule has 0 saturated carbocycles. The van der Waals surface area contributed by atoms with E-state index in [1.165, 1.54) is 12.1 Å². The highest BCUT2D eigenvalue weighted by Crippen LogP contribution is 2.22. The van der Waals surface area contributed by atoms with Crippen molar-refractivity contribution in [1.29, 1.82) is 0 Å². The molecule has 2 heteroatoms. The Hall–Kier alpha value is -1.15. The number of aliphatic hydroxyl groups excluding tert-OH is 1. The molecule has 1 nitrogen and oxygen atoms in total. The molecule has 0 aliphatic heterocycles. The van der Waals surface area contributed by atoms with Crippen LogP contribution in [0.2, 0.25) is 0 Å². The summed E-state index contributed by atoms with van der Waals surface area (Å²) in [6.45, 7) is 0. The summed E-state index contributed by atoms with van der Waals surface area (Å²) in [5.74, 6) is -0.228. The van der Waals surface area contributed by atoms with Crippen LogP contribution in [0.1, 0.15) is 24.8 Å². The van der Waals surface area contributed by atoms with Gasteiger partial charge < -0.3 is 5.11 Å². The molecular formula is C13H15FO. The summed E-state index contributed by atoms with van der Waals surface area (Å²) in [6, 6.07) is 6.33. The molecule has 15 heavy (non-hydrogen) atoms. The van der Waals surface area contributed by atoms with Gasteiger partial charge in [0.15, 0.2) is 0 Å². The van der Waals surface area contributed by atoms with E-state index in [2.05, 4.69) is 6.08 Å². The van der Waals surface area contributed by atoms with Crippen molar-refractivity contribution in [3.05, 3.63) is 47.3 Å². The van der Waals surface area contributed by atoms with E-state index in [0.29, 0.717) is 6.42 Å². The Morgan fingerprint density at radius 2 is 2.00 bits per heavy atom.